The number of carbonyl (C=O) groups excluding carboxylic acids is 1. The van der Waals surface area contributed by atoms with Gasteiger partial charge in [-0.15, -0.1) is 11.6 Å². The Hall–Kier alpha value is -1.09. The summed E-state index contributed by atoms with van der Waals surface area (Å²) in [6, 6.07) is 3.86. The van der Waals surface area contributed by atoms with Gasteiger partial charge >= 0.3 is 0 Å². The van der Waals surface area contributed by atoms with Crippen molar-refractivity contribution >= 4 is 17.4 Å². The normalized spacial score (nSPS) is 10.1. The monoisotopic (exact) mass is 230 g/mol. The summed E-state index contributed by atoms with van der Waals surface area (Å²) < 4.78 is 18.2. The number of hydrogen-bond donors (Lipinski definition) is 0. The van der Waals surface area contributed by atoms with Gasteiger partial charge in [-0.05, 0) is 24.6 Å². The molecule has 0 aliphatic rings. The molecule has 0 radical (unpaired) electrons. The first-order valence-electron chi connectivity index (χ1n) is 4.70. The van der Waals surface area contributed by atoms with Crippen molar-refractivity contribution in [2.45, 2.75) is 13.3 Å². The van der Waals surface area contributed by atoms with Crippen molar-refractivity contribution in [2.24, 2.45) is 0 Å². The molecule has 0 amide bonds. The molecule has 0 heterocycles. The molecule has 0 unspecified atom stereocenters. The first kappa shape index (κ1) is 12.0. The number of ether oxygens (including phenoxy) is 1. The van der Waals surface area contributed by atoms with E-state index in [-0.39, 0.29) is 17.2 Å². The van der Waals surface area contributed by atoms with Crippen LogP contribution in [-0.4, -0.2) is 18.3 Å². The summed E-state index contributed by atoms with van der Waals surface area (Å²) in [6.07, 6.45) is 0.825. The van der Waals surface area contributed by atoms with Gasteiger partial charge in [0.25, 0.3) is 0 Å². The summed E-state index contributed by atoms with van der Waals surface area (Å²) in [4.78, 5) is 11.4. The van der Waals surface area contributed by atoms with E-state index in [9.17, 15) is 9.18 Å². The molecule has 15 heavy (non-hydrogen) atoms. The van der Waals surface area contributed by atoms with Crippen molar-refractivity contribution in [1.29, 1.82) is 0 Å². The van der Waals surface area contributed by atoms with Crippen LogP contribution in [0.2, 0.25) is 0 Å². The number of rotatable bonds is 5. The lowest BCUT2D eigenvalue weighted by atomic mass is 10.1. The van der Waals surface area contributed by atoms with Gasteiger partial charge in [0.1, 0.15) is 11.6 Å². The van der Waals surface area contributed by atoms with Gasteiger partial charge in [0.05, 0.1) is 18.1 Å². The molecule has 0 N–H and O–H groups in total. The Labute approximate surface area is 93.0 Å². The van der Waals surface area contributed by atoms with Crippen LogP contribution in [0.4, 0.5) is 4.39 Å². The van der Waals surface area contributed by atoms with E-state index in [4.69, 9.17) is 16.3 Å². The van der Waals surface area contributed by atoms with Gasteiger partial charge in [0.2, 0.25) is 0 Å². The van der Waals surface area contributed by atoms with Crippen LogP contribution >= 0.6 is 11.6 Å². The molecule has 1 aromatic rings. The molecule has 1 rings (SSSR count). The van der Waals surface area contributed by atoms with E-state index in [1.807, 2.05) is 6.92 Å². The zero-order valence-corrected chi connectivity index (χ0v) is 9.18. The second-order valence-corrected chi connectivity index (χ2v) is 3.31. The molecule has 0 aliphatic heterocycles. The number of hydrogen-bond acceptors (Lipinski definition) is 2. The summed E-state index contributed by atoms with van der Waals surface area (Å²) in [5, 5.41) is 0. The summed E-state index contributed by atoms with van der Waals surface area (Å²) in [6.45, 7) is 2.45. The van der Waals surface area contributed by atoms with E-state index in [1.54, 1.807) is 0 Å². The Bertz CT molecular complexity index is 352. The maximum Gasteiger partial charge on any atom is 0.181 e. The number of Topliss-reactive ketones (excluding diaryl/α,β-unsaturated/α-hetero) is 1. The van der Waals surface area contributed by atoms with E-state index in [1.165, 1.54) is 12.1 Å². The predicted octanol–water partition coefficient (Wildman–Crippen LogP) is 3.04. The fourth-order valence-corrected chi connectivity index (χ4v) is 1.27. The van der Waals surface area contributed by atoms with Gasteiger partial charge in [-0.1, -0.05) is 6.92 Å². The second kappa shape index (κ2) is 5.71. The van der Waals surface area contributed by atoms with Crippen LogP contribution in [0.3, 0.4) is 0 Å². The molecule has 2 nitrogen and oxygen atoms in total. The maximum atomic E-state index is 12.9. The lowest BCUT2D eigenvalue weighted by Crippen LogP contribution is -2.06. The molecule has 0 aromatic heterocycles. The summed E-state index contributed by atoms with van der Waals surface area (Å²) in [5.41, 5.74) is 0.207. The molecule has 0 aliphatic carbocycles. The Morgan fingerprint density at radius 1 is 1.53 bits per heavy atom. The zero-order valence-electron chi connectivity index (χ0n) is 8.43. The predicted molar refractivity (Wildman–Crippen MR) is 57.2 cm³/mol. The van der Waals surface area contributed by atoms with Crippen LogP contribution in [0, 0.1) is 5.82 Å². The van der Waals surface area contributed by atoms with E-state index in [2.05, 4.69) is 0 Å². The van der Waals surface area contributed by atoms with Crippen LogP contribution in [0.5, 0.6) is 5.75 Å². The van der Waals surface area contributed by atoms with Crippen LogP contribution in [0.1, 0.15) is 23.7 Å². The number of ketones is 1. The zero-order chi connectivity index (χ0) is 11.3. The Kier molecular flexibility index (Phi) is 4.56. The lowest BCUT2D eigenvalue weighted by molar-refractivity contribution is 0.101. The largest absolute Gasteiger partial charge is 0.493 e. The standard InChI is InChI=1S/C11H12ClFO2/c1-2-5-15-11-4-3-8(13)6-9(11)10(14)7-12/h3-4,6H,2,5,7H2,1H3. The highest BCUT2D eigenvalue weighted by atomic mass is 35.5. The van der Waals surface area contributed by atoms with Crippen LogP contribution in [-0.2, 0) is 0 Å². The van der Waals surface area contributed by atoms with Gasteiger partial charge in [-0.2, -0.15) is 0 Å². The number of carbonyl (C=O) groups is 1. The SMILES string of the molecule is CCCOc1ccc(F)cc1C(=O)CCl. The minimum absolute atomic E-state index is 0.175. The van der Waals surface area contributed by atoms with Crippen molar-refractivity contribution in [2.75, 3.05) is 12.5 Å². The first-order chi connectivity index (χ1) is 7.19. The fourth-order valence-electron chi connectivity index (χ4n) is 1.13. The molecule has 0 spiro atoms. The van der Waals surface area contributed by atoms with Crippen molar-refractivity contribution in [1.82, 2.24) is 0 Å². The summed E-state index contributed by atoms with van der Waals surface area (Å²) in [5.74, 6) is -0.579. The highest BCUT2D eigenvalue weighted by Crippen LogP contribution is 2.20. The molecule has 0 bridgehead atoms. The molecular weight excluding hydrogens is 219 g/mol. The third-order valence-electron chi connectivity index (χ3n) is 1.83. The van der Waals surface area contributed by atoms with Crippen LogP contribution in [0.25, 0.3) is 0 Å². The average molecular weight is 231 g/mol. The molecule has 0 saturated carbocycles. The highest BCUT2D eigenvalue weighted by Gasteiger charge is 2.12. The Balaban J connectivity index is 2.97. The Morgan fingerprint density at radius 3 is 2.87 bits per heavy atom. The van der Waals surface area contributed by atoms with Crippen molar-refractivity contribution in [3.05, 3.63) is 29.6 Å². The molecule has 0 fully saturated rings. The molecular formula is C11H12ClFO2. The number of alkyl halides is 1. The van der Waals surface area contributed by atoms with Gasteiger partial charge in [0.15, 0.2) is 5.78 Å². The van der Waals surface area contributed by atoms with Gasteiger partial charge in [-0.25, -0.2) is 4.39 Å². The van der Waals surface area contributed by atoms with Gasteiger partial charge in [0, 0.05) is 0 Å². The molecule has 0 saturated heterocycles. The third kappa shape index (κ3) is 3.20. The summed E-state index contributed by atoms with van der Waals surface area (Å²) >= 11 is 5.42. The van der Waals surface area contributed by atoms with E-state index >= 15 is 0 Å². The molecule has 0 atom stereocenters. The van der Waals surface area contributed by atoms with Crippen molar-refractivity contribution in [3.63, 3.8) is 0 Å². The fraction of sp³-hybridized carbons (Fsp3) is 0.364. The van der Waals surface area contributed by atoms with Crippen LogP contribution in [0.15, 0.2) is 18.2 Å². The number of halogens is 2. The number of benzene rings is 1. The van der Waals surface area contributed by atoms with E-state index in [0.29, 0.717) is 12.4 Å². The van der Waals surface area contributed by atoms with E-state index < -0.39 is 5.82 Å². The highest BCUT2D eigenvalue weighted by molar-refractivity contribution is 6.30. The topological polar surface area (TPSA) is 26.3 Å². The summed E-state index contributed by atoms with van der Waals surface area (Å²) in [7, 11) is 0. The minimum atomic E-state index is -0.465. The van der Waals surface area contributed by atoms with Crippen molar-refractivity contribution in [3.8, 4) is 5.75 Å². The van der Waals surface area contributed by atoms with Crippen molar-refractivity contribution < 1.29 is 13.9 Å². The Morgan fingerprint density at radius 2 is 2.27 bits per heavy atom. The average Bonchev–Trinajstić information content (AvgIpc) is 2.26. The van der Waals surface area contributed by atoms with Crippen LogP contribution < -0.4 is 4.74 Å². The quantitative estimate of drug-likeness (QED) is 0.574. The first-order valence-corrected chi connectivity index (χ1v) is 5.24. The maximum absolute atomic E-state index is 12.9. The second-order valence-electron chi connectivity index (χ2n) is 3.05. The van der Waals surface area contributed by atoms with Gasteiger partial charge < -0.3 is 4.74 Å². The molecule has 1 aromatic carbocycles. The third-order valence-corrected chi connectivity index (χ3v) is 2.07. The van der Waals surface area contributed by atoms with E-state index in [0.717, 1.165) is 12.5 Å². The molecule has 82 valence electrons. The molecule has 4 heteroatoms. The van der Waals surface area contributed by atoms with Gasteiger partial charge in [-0.3, -0.25) is 4.79 Å². The smallest absolute Gasteiger partial charge is 0.181 e. The lowest BCUT2D eigenvalue weighted by Gasteiger charge is -2.08. The minimum Gasteiger partial charge on any atom is -0.493 e.